The minimum atomic E-state index is -1.26. The number of benzene rings is 3. The van der Waals surface area contributed by atoms with Crippen LogP contribution in [0.2, 0.25) is 0 Å². The quantitative estimate of drug-likeness (QED) is 0.0390. The third kappa shape index (κ3) is 14.1. The summed E-state index contributed by atoms with van der Waals surface area (Å²) in [6, 6.07) is 26.5. The maximum absolute atomic E-state index is 12.9. The van der Waals surface area contributed by atoms with Crippen LogP contribution in [0.5, 0.6) is 11.5 Å². The van der Waals surface area contributed by atoms with Crippen LogP contribution in [0.25, 0.3) is 0 Å². The SMILES string of the molecule is CCCCCCCCCCCCCCCCCCOCCOC1C(COC(c2ccccc2)(c2ccc(OC)cc2)c2ccc(OC)cc2)OC(n2ccc(=O)[nH]c2=O)C1O. The van der Waals surface area contributed by atoms with Crippen molar-refractivity contribution in [2.75, 3.05) is 40.6 Å². The molecule has 4 unspecified atom stereocenters. The van der Waals surface area contributed by atoms with E-state index in [4.69, 9.17) is 28.4 Å². The molecule has 0 spiro atoms. The first-order valence-corrected chi connectivity index (χ1v) is 22.7. The predicted octanol–water partition coefficient (Wildman–Crippen LogP) is 9.48. The normalized spacial score (nSPS) is 17.8. The summed E-state index contributed by atoms with van der Waals surface area (Å²) >= 11 is 0. The smallest absolute Gasteiger partial charge is 0.330 e. The molecular formula is C50H70N2O9. The zero-order valence-electron chi connectivity index (χ0n) is 36.8. The number of rotatable bonds is 30. The van der Waals surface area contributed by atoms with Crippen molar-refractivity contribution < 1.29 is 33.5 Å². The second kappa shape index (κ2) is 26.3. The van der Waals surface area contributed by atoms with E-state index < -0.39 is 41.4 Å². The molecule has 1 saturated heterocycles. The monoisotopic (exact) mass is 843 g/mol. The van der Waals surface area contributed by atoms with Crippen molar-refractivity contribution in [3.05, 3.63) is 129 Å². The molecule has 61 heavy (non-hydrogen) atoms. The number of nitrogens with one attached hydrogen (secondary N) is 1. The van der Waals surface area contributed by atoms with Gasteiger partial charge >= 0.3 is 5.69 Å². The number of nitrogens with zero attached hydrogens (tertiary/aromatic N) is 1. The Morgan fingerprint density at radius 1 is 0.639 bits per heavy atom. The van der Waals surface area contributed by atoms with Gasteiger partial charge in [-0.25, -0.2) is 4.79 Å². The molecular weight excluding hydrogens is 773 g/mol. The fraction of sp³-hybridized carbons (Fsp3) is 0.560. The Bertz CT molecular complexity index is 1850. The van der Waals surface area contributed by atoms with Gasteiger partial charge in [0.25, 0.3) is 5.56 Å². The van der Waals surface area contributed by atoms with E-state index in [2.05, 4.69) is 11.9 Å². The van der Waals surface area contributed by atoms with Crippen LogP contribution < -0.4 is 20.7 Å². The number of unbranched alkanes of at least 4 members (excludes halogenated alkanes) is 15. The molecule has 4 aromatic rings. The lowest BCUT2D eigenvalue weighted by Crippen LogP contribution is -2.41. The fourth-order valence-electron chi connectivity index (χ4n) is 8.30. The van der Waals surface area contributed by atoms with Gasteiger partial charge in [0.1, 0.15) is 35.4 Å². The van der Waals surface area contributed by atoms with Crippen LogP contribution in [0.4, 0.5) is 0 Å². The molecule has 11 nitrogen and oxygen atoms in total. The highest BCUT2D eigenvalue weighted by Crippen LogP contribution is 2.43. The van der Waals surface area contributed by atoms with Gasteiger partial charge in [0.15, 0.2) is 6.23 Å². The maximum atomic E-state index is 12.9. The molecule has 1 aromatic heterocycles. The Morgan fingerprint density at radius 2 is 1.15 bits per heavy atom. The Hall–Kier alpha value is -4.26. The first-order valence-electron chi connectivity index (χ1n) is 22.7. The molecule has 1 aliphatic rings. The molecule has 0 bridgehead atoms. The lowest BCUT2D eigenvalue weighted by Gasteiger charge is -2.37. The molecule has 5 rings (SSSR count). The molecule has 0 amide bonds. The van der Waals surface area contributed by atoms with E-state index in [1.54, 1.807) is 14.2 Å². The Balaban J connectivity index is 1.17. The van der Waals surface area contributed by atoms with E-state index in [0.29, 0.717) is 24.7 Å². The molecule has 4 atom stereocenters. The van der Waals surface area contributed by atoms with Crippen LogP contribution in [0.15, 0.2) is 101 Å². The molecule has 3 aromatic carbocycles. The summed E-state index contributed by atoms with van der Waals surface area (Å²) < 4.78 is 38.0. The molecule has 2 heterocycles. The van der Waals surface area contributed by atoms with Crippen LogP contribution in [0, 0.1) is 0 Å². The maximum Gasteiger partial charge on any atom is 0.330 e. The van der Waals surface area contributed by atoms with E-state index in [9.17, 15) is 14.7 Å². The summed E-state index contributed by atoms with van der Waals surface area (Å²) in [5, 5.41) is 11.7. The number of hydrogen-bond acceptors (Lipinski definition) is 9. The van der Waals surface area contributed by atoms with Crippen LogP contribution in [-0.2, 0) is 24.5 Å². The zero-order chi connectivity index (χ0) is 43.1. The first-order chi connectivity index (χ1) is 29.9. The molecule has 1 fully saturated rings. The minimum Gasteiger partial charge on any atom is -0.497 e. The molecule has 0 saturated carbocycles. The van der Waals surface area contributed by atoms with Crippen LogP contribution in [0.3, 0.4) is 0 Å². The largest absolute Gasteiger partial charge is 0.497 e. The van der Waals surface area contributed by atoms with Gasteiger partial charge in [-0.1, -0.05) is 158 Å². The fourth-order valence-corrected chi connectivity index (χ4v) is 8.30. The minimum absolute atomic E-state index is 0.0384. The predicted molar refractivity (Wildman–Crippen MR) is 240 cm³/mol. The summed E-state index contributed by atoms with van der Waals surface area (Å²) in [5.74, 6) is 1.39. The summed E-state index contributed by atoms with van der Waals surface area (Å²) in [6.45, 7) is 3.41. The number of aromatic nitrogens is 2. The Kier molecular flexibility index (Phi) is 20.6. The number of methoxy groups -OCH3 is 2. The average molecular weight is 843 g/mol. The molecule has 11 heteroatoms. The molecule has 0 radical (unpaired) electrons. The number of H-pyrrole nitrogens is 1. The highest BCUT2D eigenvalue weighted by Gasteiger charge is 2.48. The van der Waals surface area contributed by atoms with E-state index >= 15 is 0 Å². The first kappa shape index (κ1) is 47.8. The van der Waals surface area contributed by atoms with Gasteiger partial charge in [-0.3, -0.25) is 14.3 Å². The highest BCUT2D eigenvalue weighted by atomic mass is 16.6. The van der Waals surface area contributed by atoms with Gasteiger partial charge in [0, 0.05) is 18.9 Å². The van der Waals surface area contributed by atoms with Crippen LogP contribution >= 0.6 is 0 Å². The van der Waals surface area contributed by atoms with Gasteiger partial charge in [-0.15, -0.1) is 0 Å². The third-order valence-corrected chi connectivity index (χ3v) is 11.8. The molecule has 1 aliphatic heterocycles. The van der Waals surface area contributed by atoms with Crippen molar-refractivity contribution >= 4 is 0 Å². The topological polar surface area (TPSA) is 130 Å². The highest BCUT2D eigenvalue weighted by molar-refractivity contribution is 5.49. The lowest BCUT2D eigenvalue weighted by atomic mass is 9.80. The van der Waals surface area contributed by atoms with E-state index in [1.807, 2.05) is 78.9 Å². The van der Waals surface area contributed by atoms with Gasteiger partial charge in [0.2, 0.25) is 0 Å². The van der Waals surface area contributed by atoms with E-state index in [-0.39, 0.29) is 13.2 Å². The van der Waals surface area contributed by atoms with Crippen LogP contribution in [0.1, 0.15) is 133 Å². The lowest BCUT2D eigenvalue weighted by molar-refractivity contribution is -0.108. The Morgan fingerprint density at radius 3 is 1.66 bits per heavy atom. The molecule has 2 N–H and O–H groups in total. The second-order valence-corrected chi connectivity index (χ2v) is 16.1. The summed E-state index contributed by atoms with van der Waals surface area (Å²) in [6.07, 6.45) is 18.3. The summed E-state index contributed by atoms with van der Waals surface area (Å²) in [5.41, 5.74) is 0.121. The number of hydrogen-bond donors (Lipinski definition) is 2. The van der Waals surface area contributed by atoms with Gasteiger partial charge in [-0.2, -0.15) is 0 Å². The van der Waals surface area contributed by atoms with Gasteiger partial charge in [0.05, 0.1) is 34.0 Å². The third-order valence-electron chi connectivity index (χ3n) is 11.8. The number of ether oxygens (including phenoxy) is 6. The van der Waals surface area contributed by atoms with Crippen molar-refractivity contribution in [3.8, 4) is 11.5 Å². The number of aliphatic hydroxyl groups excluding tert-OH is 1. The standard InChI is InChI=1S/C50H70N2O9/c1-4-5-6-7-8-9-10-11-12-13-14-15-16-17-18-22-35-58-36-37-59-47-44(61-48(46(47)54)52-34-33-45(53)51-49(52)55)38-60-50(39-23-20-19-21-24-39,40-25-29-42(56-2)30-26-40)41-27-31-43(57-3)32-28-41/h19-21,23-34,44,46-48,54H,4-18,22,35-38H2,1-3H3,(H,51,53,55). The van der Waals surface area contributed by atoms with Crippen molar-refractivity contribution in [1.82, 2.24) is 9.55 Å². The van der Waals surface area contributed by atoms with Crippen molar-refractivity contribution in [2.24, 2.45) is 0 Å². The number of aliphatic hydroxyl groups is 1. The van der Waals surface area contributed by atoms with E-state index in [0.717, 1.165) is 29.5 Å². The summed E-state index contributed by atoms with van der Waals surface area (Å²) in [7, 11) is 3.25. The van der Waals surface area contributed by atoms with Crippen molar-refractivity contribution in [3.63, 3.8) is 0 Å². The Labute approximate surface area is 362 Å². The average Bonchev–Trinajstić information content (AvgIpc) is 3.60. The van der Waals surface area contributed by atoms with E-state index in [1.165, 1.54) is 107 Å². The van der Waals surface area contributed by atoms with Crippen LogP contribution in [-0.4, -0.2) is 73.6 Å². The summed E-state index contributed by atoms with van der Waals surface area (Å²) in [4.78, 5) is 27.1. The second-order valence-electron chi connectivity index (χ2n) is 16.1. The zero-order valence-corrected chi connectivity index (χ0v) is 36.8. The molecule has 0 aliphatic carbocycles. The van der Waals surface area contributed by atoms with Crippen molar-refractivity contribution in [2.45, 2.75) is 140 Å². The van der Waals surface area contributed by atoms with Gasteiger partial charge in [-0.05, 0) is 47.4 Å². The number of aromatic amines is 1. The molecule has 334 valence electrons. The van der Waals surface area contributed by atoms with Crippen molar-refractivity contribution in [1.29, 1.82) is 0 Å². The van der Waals surface area contributed by atoms with Gasteiger partial charge < -0.3 is 33.5 Å².